The zero-order chi connectivity index (χ0) is 15.4. The molecule has 0 saturated heterocycles. The molecule has 1 aromatic heterocycles. The molecule has 0 atom stereocenters. The SMILES string of the molecule is COc1ccc2cc(NC(=S)Nc3ccccc3)cnc2c1. The van der Waals surface area contributed by atoms with Gasteiger partial charge in [0, 0.05) is 17.1 Å². The number of nitrogens with zero attached hydrogens (tertiary/aromatic N) is 1. The second-order valence-corrected chi connectivity index (χ2v) is 5.14. The number of hydrogen-bond acceptors (Lipinski definition) is 3. The second kappa shape index (κ2) is 6.41. The van der Waals surface area contributed by atoms with Crippen LogP contribution >= 0.6 is 12.2 Å². The van der Waals surface area contributed by atoms with Crippen LogP contribution in [0.4, 0.5) is 11.4 Å². The monoisotopic (exact) mass is 309 g/mol. The number of hydrogen-bond donors (Lipinski definition) is 2. The molecular formula is C17H15N3OS. The minimum atomic E-state index is 0.529. The summed E-state index contributed by atoms with van der Waals surface area (Å²) in [5.41, 5.74) is 2.66. The summed E-state index contributed by atoms with van der Waals surface area (Å²) >= 11 is 5.31. The summed E-state index contributed by atoms with van der Waals surface area (Å²) in [7, 11) is 1.64. The quantitative estimate of drug-likeness (QED) is 0.715. The standard InChI is InChI=1S/C17H15N3OS/c1-21-15-8-7-12-9-14(11-18-16(12)10-15)20-17(22)19-13-5-3-2-4-6-13/h2-11H,1H3,(H2,19,20,22). The third-order valence-electron chi connectivity index (χ3n) is 3.18. The minimum Gasteiger partial charge on any atom is -0.497 e. The van der Waals surface area contributed by atoms with E-state index in [1.807, 2.05) is 54.6 Å². The third kappa shape index (κ3) is 3.32. The summed E-state index contributed by atoms with van der Waals surface area (Å²) in [5, 5.41) is 7.82. The molecule has 0 amide bonds. The van der Waals surface area contributed by atoms with Gasteiger partial charge in [-0.05, 0) is 42.5 Å². The van der Waals surface area contributed by atoms with Gasteiger partial charge in [-0.3, -0.25) is 4.98 Å². The van der Waals surface area contributed by atoms with Crippen LogP contribution < -0.4 is 15.4 Å². The zero-order valence-corrected chi connectivity index (χ0v) is 12.9. The van der Waals surface area contributed by atoms with E-state index in [1.54, 1.807) is 13.3 Å². The van der Waals surface area contributed by atoms with E-state index in [4.69, 9.17) is 17.0 Å². The van der Waals surface area contributed by atoms with Crippen molar-refractivity contribution < 1.29 is 4.74 Å². The number of pyridine rings is 1. The first-order chi connectivity index (χ1) is 10.7. The number of aromatic nitrogens is 1. The van der Waals surface area contributed by atoms with Crippen LogP contribution in [0.3, 0.4) is 0 Å². The zero-order valence-electron chi connectivity index (χ0n) is 12.0. The molecule has 0 bridgehead atoms. The maximum absolute atomic E-state index is 5.31. The Hall–Kier alpha value is -2.66. The Morgan fingerprint density at radius 1 is 1.00 bits per heavy atom. The van der Waals surface area contributed by atoms with Gasteiger partial charge in [-0.2, -0.15) is 0 Å². The molecule has 22 heavy (non-hydrogen) atoms. The molecule has 0 unspecified atom stereocenters. The molecule has 4 nitrogen and oxygen atoms in total. The van der Waals surface area contributed by atoms with E-state index < -0.39 is 0 Å². The van der Waals surface area contributed by atoms with Gasteiger partial charge in [0.05, 0.1) is 24.5 Å². The maximum atomic E-state index is 5.31. The van der Waals surface area contributed by atoms with Crippen LogP contribution in [0.25, 0.3) is 10.9 Å². The second-order valence-electron chi connectivity index (χ2n) is 4.73. The molecule has 0 saturated carbocycles. The Kier molecular flexibility index (Phi) is 4.16. The topological polar surface area (TPSA) is 46.2 Å². The van der Waals surface area contributed by atoms with Gasteiger partial charge < -0.3 is 15.4 Å². The van der Waals surface area contributed by atoms with Crippen molar-refractivity contribution in [3.8, 4) is 5.75 Å². The molecule has 3 rings (SSSR count). The summed E-state index contributed by atoms with van der Waals surface area (Å²) in [6.07, 6.45) is 1.75. The molecule has 0 spiro atoms. The van der Waals surface area contributed by atoms with E-state index in [0.717, 1.165) is 28.0 Å². The van der Waals surface area contributed by atoms with E-state index in [-0.39, 0.29) is 0 Å². The number of nitrogens with one attached hydrogen (secondary N) is 2. The van der Waals surface area contributed by atoms with Gasteiger partial charge in [0.25, 0.3) is 0 Å². The Bertz CT molecular complexity index is 805. The lowest BCUT2D eigenvalue weighted by molar-refractivity contribution is 0.415. The number of methoxy groups -OCH3 is 1. The predicted octanol–water partition coefficient (Wildman–Crippen LogP) is 4.05. The average Bonchev–Trinajstić information content (AvgIpc) is 2.55. The molecule has 0 aliphatic heterocycles. The Morgan fingerprint density at radius 3 is 2.55 bits per heavy atom. The van der Waals surface area contributed by atoms with Crippen molar-refractivity contribution in [1.29, 1.82) is 0 Å². The Labute approximate surface area is 134 Å². The van der Waals surface area contributed by atoms with Crippen molar-refractivity contribution in [3.05, 3.63) is 60.8 Å². The fourth-order valence-electron chi connectivity index (χ4n) is 2.11. The van der Waals surface area contributed by atoms with Crippen LogP contribution in [0.2, 0.25) is 0 Å². The highest BCUT2D eigenvalue weighted by atomic mass is 32.1. The van der Waals surface area contributed by atoms with Crippen LogP contribution in [0.1, 0.15) is 0 Å². The molecule has 3 aromatic rings. The third-order valence-corrected chi connectivity index (χ3v) is 3.38. The Balaban J connectivity index is 1.75. The molecule has 1 heterocycles. The first-order valence-electron chi connectivity index (χ1n) is 6.81. The summed E-state index contributed by atoms with van der Waals surface area (Å²) in [4.78, 5) is 4.42. The van der Waals surface area contributed by atoms with Gasteiger partial charge in [0.1, 0.15) is 5.75 Å². The van der Waals surface area contributed by atoms with E-state index >= 15 is 0 Å². The van der Waals surface area contributed by atoms with E-state index in [0.29, 0.717) is 5.11 Å². The van der Waals surface area contributed by atoms with Gasteiger partial charge in [0.15, 0.2) is 5.11 Å². The normalized spacial score (nSPS) is 10.2. The van der Waals surface area contributed by atoms with Crippen LogP contribution in [-0.4, -0.2) is 17.2 Å². The van der Waals surface area contributed by atoms with Crippen molar-refractivity contribution in [2.45, 2.75) is 0 Å². The Morgan fingerprint density at radius 2 is 1.77 bits per heavy atom. The lowest BCUT2D eigenvalue weighted by atomic mass is 10.2. The van der Waals surface area contributed by atoms with Crippen molar-refractivity contribution in [1.82, 2.24) is 4.98 Å². The summed E-state index contributed by atoms with van der Waals surface area (Å²) in [6.45, 7) is 0. The van der Waals surface area contributed by atoms with Crippen LogP contribution in [-0.2, 0) is 0 Å². The highest BCUT2D eigenvalue weighted by Crippen LogP contribution is 2.21. The highest BCUT2D eigenvalue weighted by molar-refractivity contribution is 7.80. The summed E-state index contributed by atoms with van der Waals surface area (Å²) in [5.74, 6) is 0.793. The number of thiocarbonyl (C=S) groups is 1. The fraction of sp³-hybridized carbons (Fsp3) is 0.0588. The fourth-order valence-corrected chi connectivity index (χ4v) is 2.35. The number of ether oxygens (including phenoxy) is 1. The van der Waals surface area contributed by atoms with Crippen molar-refractivity contribution in [2.24, 2.45) is 0 Å². The van der Waals surface area contributed by atoms with E-state index in [9.17, 15) is 0 Å². The molecule has 0 fully saturated rings. The largest absolute Gasteiger partial charge is 0.497 e. The van der Waals surface area contributed by atoms with Crippen molar-refractivity contribution in [2.75, 3.05) is 17.7 Å². The maximum Gasteiger partial charge on any atom is 0.175 e. The first kappa shape index (κ1) is 14.3. The first-order valence-corrected chi connectivity index (χ1v) is 7.22. The van der Waals surface area contributed by atoms with E-state index in [1.165, 1.54) is 0 Å². The number of fused-ring (bicyclic) bond motifs is 1. The molecule has 2 N–H and O–H groups in total. The summed E-state index contributed by atoms with van der Waals surface area (Å²) in [6, 6.07) is 17.6. The summed E-state index contributed by atoms with van der Waals surface area (Å²) < 4.78 is 5.20. The number of rotatable bonds is 3. The number of anilines is 2. The lowest BCUT2D eigenvalue weighted by Crippen LogP contribution is -2.19. The highest BCUT2D eigenvalue weighted by Gasteiger charge is 2.02. The number of benzene rings is 2. The van der Waals surface area contributed by atoms with Gasteiger partial charge in [0.2, 0.25) is 0 Å². The van der Waals surface area contributed by atoms with Crippen LogP contribution in [0.15, 0.2) is 60.8 Å². The van der Waals surface area contributed by atoms with Crippen molar-refractivity contribution >= 4 is 39.6 Å². The smallest absolute Gasteiger partial charge is 0.175 e. The van der Waals surface area contributed by atoms with Crippen molar-refractivity contribution in [3.63, 3.8) is 0 Å². The predicted molar refractivity (Wildman–Crippen MR) is 94.6 cm³/mol. The van der Waals surface area contributed by atoms with Crippen LogP contribution in [0, 0.1) is 0 Å². The number of para-hydroxylation sites is 1. The van der Waals surface area contributed by atoms with Gasteiger partial charge in [-0.15, -0.1) is 0 Å². The van der Waals surface area contributed by atoms with Gasteiger partial charge in [-0.25, -0.2) is 0 Å². The average molecular weight is 309 g/mol. The molecule has 2 aromatic carbocycles. The molecule has 0 aliphatic carbocycles. The molecule has 5 heteroatoms. The van der Waals surface area contributed by atoms with Gasteiger partial charge >= 0.3 is 0 Å². The van der Waals surface area contributed by atoms with Gasteiger partial charge in [-0.1, -0.05) is 18.2 Å². The molecule has 0 aliphatic rings. The van der Waals surface area contributed by atoms with Crippen LogP contribution in [0.5, 0.6) is 5.75 Å². The van der Waals surface area contributed by atoms with E-state index in [2.05, 4.69) is 15.6 Å². The molecule has 110 valence electrons. The lowest BCUT2D eigenvalue weighted by Gasteiger charge is -2.11. The minimum absolute atomic E-state index is 0.529. The molecular weight excluding hydrogens is 294 g/mol. The molecule has 0 radical (unpaired) electrons.